The Bertz CT molecular complexity index is 627. The molecule has 1 aliphatic rings. The van der Waals surface area contributed by atoms with Crippen molar-refractivity contribution in [1.82, 2.24) is 10.6 Å². The third-order valence-corrected chi connectivity index (χ3v) is 5.13. The molecule has 1 fully saturated rings. The maximum atomic E-state index is 13.6. The number of sulfone groups is 1. The molecule has 5 nitrogen and oxygen atoms in total. The molecule has 1 aliphatic carbocycles. The molecule has 0 bridgehead atoms. The van der Waals surface area contributed by atoms with E-state index in [1.807, 2.05) is 6.92 Å². The van der Waals surface area contributed by atoms with Gasteiger partial charge in [-0.1, -0.05) is 12.1 Å². The van der Waals surface area contributed by atoms with Crippen LogP contribution in [0.4, 0.5) is 4.39 Å². The summed E-state index contributed by atoms with van der Waals surface area (Å²) in [4.78, 5) is 4.16. The van der Waals surface area contributed by atoms with Crippen LogP contribution in [0.2, 0.25) is 0 Å². The lowest BCUT2D eigenvalue weighted by Crippen LogP contribution is -2.39. The maximum absolute atomic E-state index is 13.6. The molecular formula is C15H22FN3O2S. The zero-order chi connectivity index (χ0) is 16.0. The van der Waals surface area contributed by atoms with Gasteiger partial charge in [-0.25, -0.2) is 12.8 Å². The molecule has 1 aromatic rings. The average molecular weight is 327 g/mol. The Kier molecular flexibility index (Phi) is 5.76. The summed E-state index contributed by atoms with van der Waals surface area (Å²) in [6, 6.07) is 5.43. The van der Waals surface area contributed by atoms with Crippen LogP contribution in [-0.2, 0) is 9.84 Å². The van der Waals surface area contributed by atoms with Gasteiger partial charge >= 0.3 is 0 Å². The van der Waals surface area contributed by atoms with Gasteiger partial charge in [0.25, 0.3) is 0 Å². The molecule has 0 aliphatic heterocycles. The minimum absolute atomic E-state index is 0.179. The molecule has 0 spiro atoms. The number of halogens is 1. The number of nitrogens with one attached hydrogen (secondary N) is 2. The van der Waals surface area contributed by atoms with Crippen molar-refractivity contribution in [2.75, 3.05) is 25.4 Å². The highest BCUT2D eigenvalue weighted by Gasteiger charge is 2.21. The Morgan fingerprint density at radius 2 is 2.05 bits per heavy atom. The van der Waals surface area contributed by atoms with Gasteiger partial charge in [0, 0.05) is 19.6 Å². The van der Waals surface area contributed by atoms with Crippen LogP contribution in [0.5, 0.6) is 0 Å². The lowest BCUT2D eigenvalue weighted by molar-refractivity contribution is 0.566. The Hall–Kier alpha value is -1.63. The summed E-state index contributed by atoms with van der Waals surface area (Å²) < 4.78 is 37.8. The molecule has 22 heavy (non-hydrogen) atoms. The molecule has 1 aromatic carbocycles. The van der Waals surface area contributed by atoms with Gasteiger partial charge in [0.2, 0.25) is 0 Å². The van der Waals surface area contributed by atoms with E-state index < -0.39 is 15.7 Å². The molecule has 0 unspecified atom stereocenters. The molecule has 0 amide bonds. The molecular weight excluding hydrogens is 305 g/mol. The van der Waals surface area contributed by atoms with E-state index in [2.05, 4.69) is 15.6 Å². The number of benzene rings is 1. The van der Waals surface area contributed by atoms with Crippen LogP contribution in [0.3, 0.4) is 0 Å². The molecule has 2 rings (SSSR count). The van der Waals surface area contributed by atoms with E-state index in [4.69, 9.17) is 0 Å². The Labute approximate surface area is 130 Å². The Morgan fingerprint density at radius 3 is 2.68 bits per heavy atom. The van der Waals surface area contributed by atoms with E-state index >= 15 is 0 Å². The summed E-state index contributed by atoms with van der Waals surface area (Å²) in [6.07, 6.45) is 2.43. The topological polar surface area (TPSA) is 70.6 Å². The van der Waals surface area contributed by atoms with Crippen LogP contribution < -0.4 is 10.6 Å². The zero-order valence-corrected chi connectivity index (χ0v) is 13.5. The van der Waals surface area contributed by atoms with Gasteiger partial charge in [0.1, 0.15) is 10.7 Å². The second-order valence-electron chi connectivity index (χ2n) is 5.34. The first-order chi connectivity index (χ1) is 10.5. The van der Waals surface area contributed by atoms with Crippen molar-refractivity contribution in [3.05, 3.63) is 30.1 Å². The molecule has 122 valence electrons. The maximum Gasteiger partial charge on any atom is 0.191 e. The second kappa shape index (κ2) is 7.58. The quantitative estimate of drug-likeness (QED) is 0.589. The van der Waals surface area contributed by atoms with Gasteiger partial charge in [0.15, 0.2) is 15.8 Å². The van der Waals surface area contributed by atoms with Crippen molar-refractivity contribution >= 4 is 15.8 Å². The van der Waals surface area contributed by atoms with Crippen LogP contribution in [0.25, 0.3) is 0 Å². The number of nitrogens with zero attached hydrogens (tertiary/aromatic N) is 1. The fourth-order valence-corrected chi connectivity index (χ4v) is 3.22. The van der Waals surface area contributed by atoms with Crippen LogP contribution in [-0.4, -0.2) is 39.8 Å². The summed E-state index contributed by atoms with van der Waals surface area (Å²) in [5, 5.41) is 6.06. The SMILES string of the molecule is CCNC(=NCC1CC1)NCCS(=O)(=O)c1ccccc1F. The molecule has 2 N–H and O–H groups in total. The van der Waals surface area contributed by atoms with E-state index in [9.17, 15) is 12.8 Å². The van der Waals surface area contributed by atoms with Crippen molar-refractivity contribution < 1.29 is 12.8 Å². The predicted molar refractivity (Wildman–Crippen MR) is 85.2 cm³/mol. The Balaban J connectivity index is 1.90. The van der Waals surface area contributed by atoms with Crippen molar-refractivity contribution in [3.63, 3.8) is 0 Å². The second-order valence-corrected chi connectivity index (χ2v) is 7.42. The Morgan fingerprint density at radius 1 is 1.32 bits per heavy atom. The first kappa shape index (κ1) is 16.7. The first-order valence-corrected chi connectivity index (χ1v) is 9.17. The normalized spacial score (nSPS) is 15.6. The smallest absolute Gasteiger partial charge is 0.191 e. The highest BCUT2D eigenvalue weighted by atomic mass is 32.2. The summed E-state index contributed by atoms with van der Waals surface area (Å²) in [5.41, 5.74) is 0. The van der Waals surface area contributed by atoms with Crippen LogP contribution in [0.1, 0.15) is 19.8 Å². The van der Waals surface area contributed by atoms with E-state index in [1.54, 1.807) is 0 Å². The molecule has 0 saturated heterocycles. The number of hydrogen-bond acceptors (Lipinski definition) is 3. The lowest BCUT2D eigenvalue weighted by Gasteiger charge is -2.11. The van der Waals surface area contributed by atoms with Crippen molar-refractivity contribution in [2.45, 2.75) is 24.7 Å². The molecule has 1 saturated carbocycles. The third-order valence-electron chi connectivity index (χ3n) is 3.38. The monoisotopic (exact) mass is 327 g/mol. The van der Waals surface area contributed by atoms with Gasteiger partial charge in [-0.15, -0.1) is 0 Å². The van der Waals surface area contributed by atoms with Gasteiger partial charge in [0.05, 0.1) is 5.75 Å². The molecule has 0 heterocycles. The largest absolute Gasteiger partial charge is 0.357 e. The van der Waals surface area contributed by atoms with E-state index in [1.165, 1.54) is 31.0 Å². The highest BCUT2D eigenvalue weighted by Crippen LogP contribution is 2.28. The third kappa shape index (κ3) is 4.98. The van der Waals surface area contributed by atoms with E-state index in [0.29, 0.717) is 18.4 Å². The number of guanidine groups is 1. The van der Waals surface area contributed by atoms with Crippen LogP contribution in [0.15, 0.2) is 34.2 Å². The van der Waals surface area contributed by atoms with Crippen LogP contribution in [0, 0.1) is 11.7 Å². The number of rotatable bonds is 7. The van der Waals surface area contributed by atoms with E-state index in [0.717, 1.165) is 12.6 Å². The van der Waals surface area contributed by atoms with E-state index in [-0.39, 0.29) is 17.2 Å². The van der Waals surface area contributed by atoms with Crippen molar-refractivity contribution in [3.8, 4) is 0 Å². The first-order valence-electron chi connectivity index (χ1n) is 7.52. The molecule has 0 aromatic heterocycles. The van der Waals surface area contributed by atoms with Gasteiger partial charge in [-0.05, 0) is 37.8 Å². The van der Waals surface area contributed by atoms with Gasteiger partial charge in [-0.2, -0.15) is 0 Å². The standard InChI is InChI=1S/C15H22FN3O2S/c1-2-17-15(19-11-12-7-8-12)18-9-10-22(20,21)14-6-4-3-5-13(14)16/h3-6,12H,2,7-11H2,1H3,(H2,17,18,19). The predicted octanol–water partition coefficient (Wildman–Crippen LogP) is 1.56. The number of aliphatic imine (C=N–C) groups is 1. The summed E-state index contributed by atoms with van der Waals surface area (Å²) in [6.45, 7) is 3.60. The summed E-state index contributed by atoms with van der Waals surface area (Å²) in [7, 11) is -3.64. The van der Waals surface area contributed by atoms with Gasteiger partial charge in [-0.3, -0.25) is 4.99 Å². The van der Waals surface area contributed by atoms with Crippen molar-refractivity contribution in [2.24, 2.45) is 10.9 Å². The molecule has 7 heteroatoms. The summed E-state index contributed by atoms with van der Waals surface area (Å²) >= 11 is 0. The number of hydrogen-bond donors (Lipinski definition) is 2. The molecule has 0 atom stereocenters. The summed E-state index contributed by atoms with van der Waals surface area (Å²) in [5.74, 6) is 0.384. The zero-order valence-electron chi connectivity index (χ0n) is 12.7. The van der Waals surface area contributed by atoms with Crippen LogP contribution >= 0.6 is 0 Å². The fourth-order valence-electron chi connectivity index (χ4n) is 1.97. The van der Waals surface area contributed by atoms with Crippen molar-refractivity contribution in [1.29, 1.82) is 0 Å². The van der Waals surface area contributed by atoms with Gasteiger partial charge < -0.3 is 10.6 Å². The highest BCUT2D eigenvalue weighted by molar-refractivity contribution is 7.91. The fraction of sp³-hybridized carbons (Fsp3) is 0.533. The molecule has 0 radical (unpaired) electrons. The lowest BCUT2D eigenvalue weighted by atomic mass is 10.3. The average Bonchev–Trinajstić information content (AvgIpc) is 3.29. The minimum atomic E-state index is -3.64. The minimum Gasteiger partial charge on any atom is -0.357 e.